The number of nitrogens with one attached hydrogen (secondary N) is 1. The highest BCUT2D eigenvalue weighted by atomic mass is 16.4. The summed E-state index contributed by atoms with van der Waals surface area (Å²) in [6, 6.07) is 5.34. The average molecular weight is 237 g/mol. The molecule has 0 heterocycles. The summed E-state index contributed by atoms with van der Waals surface area (Å²) in [5.41, 5.74) is 13.3. The first-order valence-electron chi connectivity index (χ1n) is 5.45. The van der Waals surface area contributed by atoms with Gasteiger partial charge in [0.15, 0.2) is 0 Å². The van der Waals surface area contributed by atoms with E-state index in [1.54, 1.807) is 12.1 Å². The fraction of sp³-hybridized carbons (Fsp3) is 0.417. The van der Waals surface area contributed by atoms with Gasteiger partial charge in [0.05, 0.1) is 0 Å². The van der Waals surface area contributed by atoms with Crippen LogP contribution >= 0.6 is 0 Å². The quantitative estimate of drug-likeness (QED) is 0.600. The average Bonchev–Trinajstić information content (AvgIpc) is 2.17. The zero-order valence-corrected chi connectivity index (χ0v) is 10.2. The fourth-order valence-electron chi connectivity index (χ4n) is 1.64. The second-order valence-electron chi connectivity index (χ2n) is 4.77. The van der Waals surface area contributed by atoms with Gasteiger partial charge in [-0.1, -0.05) is 0 Å². The molecule has 0 fully saturated rings. The van der Waals surface area contributed by atoms with Gasteiger partial charge in [0.2, 0.25) is 0 Å². The second kappa shape index (κ2) is 4.95. The van der Waals surface area contributed by atoms with Crippen LogP contribution in [0.25, 0.3) is 0 Å². The van der Waals surface area contributed by atoms with E-state index in [0.29, 0.717) is 24.2 Å². The molecule has 94 valence electrons. The summed E-state index contributed by atoms with van der Waals surface area (Å²) in [5, 5.41) is 11.2. The standard InChI is InChI=1S/C12H19N3O2/c1-12(2,15-11(16)17)6-5-8-7-9(13)3-4-10(8)14/h3-4,7,15H,5-6,13-14H2,1-2H3,(H,16,17). The van der Waals surface area contributed by atoms with Crippen molar-refractivity contribution in [2.75, 3.05) is 11.5 Å². The van der Waals surface area contributed by atoms with E-state index < -0.39 is 11.6 Å². The number of carboxylic acid groups (broad SMARTS) is 1. The molecule has 0 bridgehead atoms. The number of hydrogen-bond acceptors (Lipinski definition) is 3. The van der Waals surface area contributed by atoms with Crippen molar-refractivity contribution in [2.24, 2.45) is 0 Å². The molecule has 0 aliphatic carbocycles. The summed E-state index contributed by atoms with van der Waals surface area (Å²) < 4.78 is 0. The molecule has 0 spiro atoms. The number of anilines is 2. The maximum absolute atomic E-state index is 10.6. The molecule has 6 N–H and O–H groups in total. The molecule has 5 heteroatoms. The molecular formula is C12H19N3O2. The zero-order chi connectivity index (χ0) is 13.1. The van der Waals surface area contributed by atoms with Crippen LogP contribution in [0, 0.1) is 0 Å². The molecule has 0 aliphatic rings. The molecule has 1 rings (SSSR count). The smallest absolute Gasteiger partial charge is 0.405 e. The minimum Gasteiger partial charge on any atom is -0.465 e. The first-order valence-corrected chi connectivity index (χ1v) is 5.45. The van der Waals surface area contributed by atoms with Gasteiger partial charge in [0, 0.05) is 16.9 Å². The molecule has 0 saturated heterocycles. The summed E-state index contributed by atoms with van der Waals surface area (Å²) in [5.74, 6) is 0. The Labute approximate surface area is 101 Å². The highest BCUT2D eigenvalue weighted by Gasteiger charge is 2.20. The lowest BCUT2D eigenvalue weighted by molar-refractivity contribution is 0.180. The highest BCUT2D eigenvalue weighted by Crippen LogP contribution is 2.20. The van der Waals surface area contributed by atoms with Gasteiger partial charge in [-0.3, -0.25) is 0 Å². The number of nitrogens with two attached hydrogens (primary N) is 2. The van der Waals surface area contributed by atoms with Crippen LogP contribution in [0.4, 0.5) is 16.2 Å². The topological polar surface area (TPSA) is 101 Å². The Morgan fingerprint density at radius 1 is 1.41 bits per heavy atom. The number of rotatable bonds is 4. The van der Waals surface area contributed by atoms with E-state index in [9.17, 15) is 4.79 Å². The minimum absolute atomic E-state index is 0.483. The number of nitrogen functional groups attached to an aromatic ring is 2. The van der Waals surface area contributed by atoms with E-state index in [2.05, 4.69) is 5.32 Å². The van der Waals surface area contributed by atoms with Gasteiger partial charge in [-0.25, -0.2) is 4.79 Å². The van der Waals surface area contributed by atoms with Crippen LogP contribution in [0.2, 0.25) is 0 Å². The first kappa shape index (κ1) is 13.2. The zero-order valence-electron chi connectivity index (χ0n) is 10.2. The summed E-state index contributed by atoms with van der Waals surface area (Å²) in [6.07, 6.45) is 0.326. The Morgan fingerprint density at radius 3 is 2.65 bits per heavy atom. The molecule has 17 heavy (non-hydrogen) atoms. The molecule has 0 radical (unpaired) electrons. The summed E-state index contributed by atoms with van der Waals surface area (Å²) in [4.78, 5) is 10.6. The first-order chi connectivity index (χ1) is 7.80. The van der Waals surface area contributed by atoms with E-state index in [1.807, 2.05) is 19.9 Å². The van der Waals surface area contributed by atoms with Crippen molar-refractivity contribution < 1.29 is 9.90 Å². The Kier molecular flexibility index (Phi) is 3.83. The predicted molar refractivity (Wildman–Crippen MR) is 68.8 cm³/mol. The number of hydrogen-bond donors (Lipinski definition) is 4. The third kappa shape index (κ3) is 4.22. The van der Waals surface area contributed by atoms with Gasteiger partial charge in [0.25, 0.3) is 0 Å². The molecular weight excluding hydrogens is 218 g/mol. The minimum atomic E-state index is -1.02. The summed E-state index contributed by atoms with van der Waals surface area (Å²) >= 11 is 0. The lowest BCUT2D eigenvalue weighted by Crippen LogP contribution is -2.42. The molecule has 5 nitrogen and oxygen atoms in total. The molecule has 0 saturated carbocycles. The fourth-order valence-corrected chi connectivity index (χ4v) is 1.64. The van der Waals surface area contributed by atoms with Crippen molar-refractivity contribution in [1.82, 2.24) is 5.32 Å². The summed E-state index contributed by atoms with van der Waals surface area (Å²) in [6.45, 7) is 3.67. The van der Waals surface area contributed by atoms with Gasteiger partial charge >= 0.3 is 6.09 Å². The third-order valence-corrected chi connectivity index (χ3v) is 2.63. The number of aryl methyl sites for hydroxylation is 1. The van der Waals surface area contributed by atoms with Crippen LogP contribution in [0.5, 0.6) is 0 Å². The van der Waals surface area contributed by atoms with E-state index >= 15 is 0 Å². The Hall–Kier alpha value is -1.91. The molecule has 0 atom stereocenters. The van der Waals surface area contributed by atoms with Crippen LogP contribution in [0.1, 0.15) is 25.8 Å². The molecule has 0 aromatic heterocycles. The lowest BCUT2D eigenvalue weighted by Gasteiger charge is -2.24. The van der Waals surface area contributed by atoms with Crippen molar-refractivity contribution in [3.63, 3.8) is 0 Å². The van der Waals surface area contributed by atoms with E-state index in [4.69, 9.17) is 16.6 Å². The van der Waals surface area contributed by atoms with Crippen molar-refractivity contribution in [3.05, 3.63) is 23.8 Å². The normalized spacial score (nSPS) is 11.2. The molecule has 0 aliphatic heterocycles. The number of benzene rings is 1. The third-order valence-electron chi connectivity index (χ3n) is 2.63. The van der Waals surface area contributed by atoms with Crippen molar-refractivity contribution in [1.29, 1.82) is 0 Å². The summed E-state index contributed by atoms with van der Waals surface area (Å²) in [7, 11) is 0. The van der Waals surface area contributed by atoms with E-state index in [-0.39, 0.29) is 0 Å². The Bertz CT molecular complexity index is 416. The van der Waals surface area contributed by atoms with E-state index in [1.165, 1.54) is 0 Å². The Morgan fingerprint density at radius 2 is 2.06 bits per heavy atom. The van der Waals surface area contributed by atoms with Gasteiger partial charge < -0.3 is 21.9 Å². The van der Waals surface area contributed by atoms with Crippen molar-refractivity contribution in [3.8, 4) is 0 Å². The number of carbonyl (C=O) groups is 1. The van der Waals surface area contributed by atoms with Crippen molar-refractivity contribution >= 4 is 17.5 Å². The highest BCUT2D eigenvalue weighted by molar-refractivity contribution is 5.65. The van der Waals surface area contributed by atoms with Crippen LogP contribution in [0.3, 0.4) is 0 Å². The maximum Gasteiger partial charge on any atom is 0.405 e. The monoisotopic (exact) mass is 237 g/mol. The van der Waals surface area contributed by atoms with Crippen molar-refractivity contribution in [2.45, 2.75) is 32.2 Å². The van der Waals surface area contributed by atoms with Gasteiger partial charge in [0.1, 0.15) is 0 Å². The van der Waals surface area contributed by atoms with Gasteiger partial charge in [-0.15, -0.1) is 0 Å². The SMILES string of the molecule is CC(C)(CCc1cc(N)ccc1N)NC(=O)O. The molecule has 1 amide bonds. The molecule has 1 aromatic carbocycles. The van der Waals surface area contributed by atoms with Gasteiger partial charge in [-0.2, -0.15) is 0 Å². The molecule has 0 unspecified atom stereocenters. The largest absolute Gasteiger partial charge is 0.465 e. The maximum atomic E-state index is 10.6. The van der Waals surface area contributed by atoms with Gasteiger partial charge in [-0.05, 0) is 50.5 Å². The van der Waals surface area contributed by atoms with Crippen LogP contribution in [0.15, 0.2) is 18.2 Å². The molecule has 1 aromatic rings. The lowest BCUT2D eigenvalue weighted by atomic mass is 9.94. The Balaban J connectivity index is 2.66. The van der Waals surface area contributed by atoms with Crippen LogP contribution in [-0.4, -0.2) is 16.7 Å². The second-order valence-corrected chi connectivity index (χ2v) is 4.77. The van der Waals surface area contributed by atoms with Crippen LogP contribution < -0.4 is 16.8 Å². The van der Waals surface area contributed by atoms with E-state index in [0.717, 1.165) is 5.56 Å². The predicted octanol–water partition coefficient (Wildman–Crippen LogP) is 1.83. The number of amides is 1. The van der Waals surface area contributed by atoms with Crippen LogP contribution in [-0.2, 0) is 6.42 Å².